The van der Waals surface area contributed by atoms with Gasteiger partial charge in [-0.2, -0.15) is 0 Å². The molecular formula is C11H12BNO3. The Morgan fingerprint density at radius 1 is 1.50 bits per heavy atom. The molecule has 0 saturated carbocycles. The number of rotatable bonds is 2. The first-order valence-corrected chi connectivity index (χ1v) is 5.21. The summed E-state index contributed by atoms with van der Waals surface area (Å²) in [6.45, 7) is 0.387. The van der Waals surface area contributed by atoms with E-state index in [0.717, 1.165) is 5.46 Å². The molecule has 1 aromatic carbocycles. The average Bonchev–Trinajstić information content (AvgIpc) is 2.64. The second-order valence-corrected chi connectivity index (χ2v) is 3.85. The number of nitrogens with one attached hydrogen (secondary N) is 1. The monoisotopic (exact) mass is 217 g/mol. The van der Waals surface area contributed by atoms with Crippen molar-refractivity contribution in [3.63, 3.8) is 0 Å². The van der Waals surface area contributed by atoms with Crippen LogP contribution in [-0.4, -0.2) is 32.4 Å². The first-order valence-electron chi connectivity index (χ1n) is 5.21. The molecule has 1 aliphatic heterocycles. The van der Waals surface area contributed by atoms with Crippen LogP contribution < -0.4 is 10.8 Å². The van der Waals surface area contributed by atoms with Crippen LogP contribution in [0.3, 0.4) is 0 Å². The van der Waals surface area contributed by atoms with Crippen molar-refractivity contribution in [1.29, 1.82) is 0 Å². The molecule has 1 heterocycles. The van der Waals surface area contributed by atoms with Crippen LogP contribution in [-0.2, 0) is 9.53 Å². The molecule has 1 fully saturated rings. The lowest BCUT2D eigenvalue weighted by Crippen LogP contribution is -2.38. The third-order valence-electron chi connectivity index (χ3n) is 2.52. The minimum absolute atomic E-state index is 0.229. The Kier molecular flexibility index (Phi) is 2.94. The van der Waals surface area contributed by atoms with Crippen LogP contribution in [0.15, 0.2) is 24.3 Å². The van der Waals surface area contributed by atoms with Gasteiger partial charge in [-0.25, -0.2) is 4.79 Å². The van der Waals surface area contributed by atoms with E-state index in [0.29, 0.717) is 18.6 Å². The molecule has 82 valence electrons. The number of ether oxygens (including phenoxy) is 1. The molecule has 0 spiro atoms. The van der Waals surface area contributed by atoms with Crippen LogP contribution in [0, 0.1) is 0 Å². The van der Waals surface area contributed by atoms with E-state index in [1.54, 1.807) is 12.1 Å². The third-order valence-corrected chi connectivity index (χ3v) is 2.52. The van der Waals surface area contributed by atoms with Gasteiger partial charge in [0, 0.05) is 12.0 Å². The molecule has 0 bridgehead atoms. The Bertz CT molecular complexity index is 433. The van der Waals surface area contributed by atoms with Gasteiger partial charge in [0.25, 0.3) is 5.91 Å². The van der Waals surface area contributed by atoms with Gasteiger partial charge in [-0.1, -0.05) is 23.7 Å². The Hall–Kier alpha value is -1.78. The first kappa shape index (κ1) is 10.7. The summed E-state index contributed by atoms with van der Waals surface area (Å²) in [5.74, 6) is -0.575. The van der Waals surface area contributed by atoms with Crippen molar-refractivity contribution in [3.8, 4) is 0 Å². The second-order valence-electron chi connectivity index (χ2n) is 3.85. The highest BCUT2D eigenvalue weighted by atomic mass is 16.5. The van der Waals surface area contributed by atoms with E-state index in [1.165, 1.54) is 0 Å². The maximum absolute atomic E-state index is 11.8. The van der Waals surface area contributed by atoms with Crippen molar-refractivity contribution in [2.45, 2.75) is 12.5 Å². The quantitative estimate of drug-likeness (QED) is 0.510. The summed E-state index contributed by atoms with van der Waals surface area (Å²) in [6.07, 6.45) is 0.552. The van der Waals surface area contributed by atoms with Gasteiger partial charge >= 0.3 is 5.97 Å². The highest BCUT2D eigenvalue weighted by molar-refractivity contribution is 6.32. The lowest BCUT2D eigenvalue weighted by atomic mass is 9.94. The van der Waals surface area contributed by atoms with E-state index in [1.807, 2.05) is 20.0 Å². The van der Waals surface area contributed by atoms with Crippen LogP contribution in [0.25, 0.3) is 0 Å². The number of hydrogen-bond acceptors (Lipinski definition) is 3. The second kappa shape index (κ2) is 4.39. The fraction of sp³-hybridized carbons (Fsp3) is 0.273. The van der Waals surface area contributed by atoms with Gasteiger partial charge in [-0.15, -0.1) is 0 Å². The molecule has 1 N–H and O–H groups in total. The Morgan fingerprint density at radius 2 is 2.31 bits per heavy atom. The third kappa shape index (κ3) is 2.24. The highest BCUT2D eigenvalue weighted by Crippen LogP contribution is 2.07. The van der Waals surface area contributed by atoms with Gasteiger partial charge in [0.05, 0.1) is 6.61 Å². The normalized spacial score (nSPS) is 19.2. The largest absolute Gasteiger partial charge is 0.464 e. The van der Waals surface area contributed by atoms with E-state index < -0.39 is 6.04 Å². The first-order chi connectivity index (χ1) is 7.66. The molecule has 5 heteroatoms. The van der Waals surface area contributed by atoms with Crippen molar-refractivity contribution in [2.75, 3.05) is 6.61 Å². The number of amides is 1. The zero-order chi connectivity index (χ0) is 11.5. The highest BCUT2D eigenvalue weighted by Gasteiger charge is 2.28. The van der Waals surface area contributed by atoms with Crippen LogP contribution in [0.1, 0.15) is 16.8 Å². The molecule has 0 aliphatic carbocycles. The standard InChI is InChI=1S/C11H12BNO3/c12-8-3-1-2-7(6-8)10(14)13-9-4-5-16-11(9)15/h1-3,6,9H,4-5,12H2,(H,13,14). The molecule has 2 rings (SSSR count). The molecule has 1 aliphatic rings. The summed E-state index contributed by atoms with van der Waals surface area (Å²) in [5.41, 5.74) is 1.58. The molecule has 16 heavy (non-hydrogen) atoms. The van der Waals surface area contributed by atoms with Gasteiger partial charge in [0.15, 0.2) is 0 Å². The number of carbonyl (C=O) groups is 2. The summed E-state index contributed by atoms with van der Waals surface area (Å²) < 4.78 is 4.77. The summed E-state index contributed by atoms with van der Waals surface area (Å²) in [5, 5.41) is 2.66. The predicted molar refractivity (Wildman–Crippen MR) is 61.5 cm³/mol. The molecular weight excluding hydrogens is 205 g/mol. The smallest absolute Gasteiger partial charge is 0.328 e. The lowest BCUT2D eigenvalue weighted by Gasteiger charge is -2.08. The molecule has 0 aromatic heterocycles. The van der Waals surface area contributed by atoms with Crippen molar-refractivity contribution in [3.05, 3.63) is 29.8 Å². The van der Waals surface area contributed by atoms with Gasteiger partial charge in [0.2, 0.25) is 0 Å². The van der Waals surface area contributed by atoms with Crippen molar-refractivity contribution < 1.29 is 14.3 Å². The fourth-order valence-electron chi connectivity index (χ4n) is 1.65. The van der Waals surface area contributed by atoms with Gasteiger partial charge in [-0.05, 0) is 6.07 Å². The van der Waals surface area contributed by atoms with Crippen LogP contribution in [0.4, 0.5) is 0 Å². The van der Waals surface area contributed by atoms with Crippen LogP contribution in [0.2, 0.25) is 0 Å². The van der Waals surface area contributed by atoms with E-state index in [-0.39, 0.29) is 11.9 Å². The van der Waals surface area contributed by atoms with E-state index >= 15 is 0 Å². The number of carbonyl (C=O) groups excluding carboxylic acids is 2. The van der Waals surface area contributed by atoms with Crippen LogP contribution in [0.5, 0.6) is 0 Å². The summed E-state index contributed by atoms with van der Waals surface area (Å²) in [7, 11) is 1.92. The maximum Gasteiger partial charge on any atom is 0.328 e. The maximum atomic E-state index is 11.8. The number of cyclic esters (lactones) is 1. The number of esters is 1. The summed E-state index contributed by atoms with van der Waals surface area (Å²) in [6, 6.07) is 6.75. The molecule has 0 radical (unpaired) electrons. The molecule has 1 aromatic rings. The number of benzene rings is 1. The lowest BCUT2D eigenvalue weighted by molar-refractivity contribution is -0.139. The van der Waals surface area contributed by atoms with Crippen molar-refractivity contribution >= 4 is 25.2 Å². The minimum atomic E-state index is -0.493. The van der Waals surface area contributed by atoms with Crippen molar-refractivity contribution in [1.82, 2.24) is 5.32 Å². The zero-order valence-electron chi connectivity index (χ0n) is 9.03. The fourth-order valence-corrected chi connectivity index (χ4v) is 1.65. The number of hydrogen-bond donors (Lipinski definition) is 1. The van der Waals surface area contributed by atoms with E-state index in [4.69, 9.17) is 4.74 Å². The Labute approximate surface area is 94.4 Å². The SMILES string of the molecule is Bc1cccc(C(=O)NC2CCOC2=O)c1. The van der Waals surface area contributed by atoms with E-state index in [9.17, 15) is 9.59 Å². The van der Waals surface area contributed by atoms with Crippen molar-refractivity contribution in [2.24, 2.45) is 0 Å². The molecule has 1 atom stereocenters. The average molecular weight is 217 g/mol. The van der Waals surface area contributed by atoms with Crippen LogP contribution >= 0.6 is 0 Å². The topological polar surface area (TPSA) is 55.4 Å². The van der Waals surface area contributed by atoms with Gasteiger partial charge in [0.1, 0.15) is 13.9 Å². The summed E-state index contributed by atoms with van der Waals surface area (Å²) >= 11 is 0. The Morgan fingerprint density at radius 3 is 2.94 bits per heavy atom. The molecule has 4 nitrogen and oxygen atoms in total. The molecule has 1 amide bonds. The molecule has 1 unspecified atom stereocenters. The summed E-state index contributed by atoms with van der Waals surface area (Å²) in [4.78, 5) is 23.0. The van der Waals surface area contributed by atoms with Gasteiger partial charge in [-0.3, -0.25) is 4.79 Å². The van der Waals surface area contributed by atoms with E-state index in [2.05, 4.69) is 5.32 Å². The zero-order valence-corrected chi connectivity index (χ0v) is 9.03. The Balaban J connectivity index is 2.05. The van der Waals surface area contributed by atoms with Gasteiger partial charge < -0.3 is 10.1 Å². The molecule has 1 saturated heterocycles. The predicted octanol–water partition coefficient (Wildman–Crippen LogP) is -1.01. The minimum Gasteiger partial charge on any atom is -0.464 e.